The molecular formula is C26H27NS. The normalized spacial score (nSPS) is 11.9. The number of thiophene rings is 1. The molecule has 0 saturated heterocycles. The van der Waals surface area contributed by atoms with Gasteiger partial charge in [-0.05, 0) is 78.1 Å². The van der Waals surface area contributed by atoms with Gasteiger partial charge in [-0.1, -0.05) is 50.6 Å². The molecule has 4 rings (SSSR count). The van der Waals surface area contributed by atoms with Crippen LogP contribution in [0.4, 0.5) is 0 Å². The van der Waals surface area contributed by atoms with E-state index in [1.165, 1.54) is 48.3 Å². The molecule has 0 bridgehead atoms. The zero-order chi connectivity index (χ0) is 20.1. The van der Waals surface area contributed by atoms with Gasteiger partial charge in [0, 0.05) is 16.6 Å². The van der Waals surface area contributed by atoms with Crippen molar-refractivity contribution in [3.8, 4) is 21.7 Å². The third-order valence-electron chi connectivity index (χ3n) is 5.37. The SMILES string of the molecule is Cc1cc(-c2cc3cc(-c4c(C)cccc4C)sc3cn2)cc(C(C)(C)C)c1. The summed E-state index contributed by atoms with van der Waals surface area (Å²) in [5.41, 5.74) is 9.02. The Morgan fingerprint density at radius 3 is 2.25 bits per heavy atom. The summed E-state index contributed by atoms with van der Waals surface area (Å²) < 4.78 is 1.24. The Hall–Kier alpha value is -2.45. The number of aryl methyl sites for hydroxylation is 3. The van der Waals surface area contributed by atoms with E-state index in [4.69, 9.17) is 4.98 Å². The molecule has 0 amide bonds. The Kier molecular flexibility index (Phi) is 4.63. The van der Waals surface area contributed by atoms with Gasteiger partial charge in [0.25, 0.3) is 0 Å². The van der Waals surface area contributed by atoms with Gasteiger partial charge in [0.2, 0.25) is 0 Å². The topological polar surface area (TPSA) is 12.9 Å². The first-order valence-corrected chi connectivity index (χ1v) is 10.6. The van der Waals surface area contributed by atoms with Gasteiger partial charge in [0.05, 0.1) is 10.4 Å². The van der Waals surface area contributed by atoms with Gasteiger partial charge >= 0.3 is 0 Å². The van der Waals surface area contributed by atoms with Crippen LogP contribution < -0.4 is 0 Å². The zero-order valence-corrected chi connectivity index (χ0v) is 18.4. The molecular weight excluding hydrogens is 358 g/mol. The Morgan fingerprint density at radius 1 is 0.857 bits per heavy atom. The van der Waals surface area contributed by atoms with Crippen molar-refractivity contribution < 1.29 is 0 Å². The first kappa shape index (κ1) is 18.9. The van der Waals surface area contributed by atoms with E-state index in [9.17, 15) is 0 Å². The number of nitrogens with zero attached hydrogens (tertiary/aromatic N) is 1. The molecule has 0 saturated carbocycles. The molecule has 2 heterocycles. The van der Waals surface area contributed by atoms with Crippen LogP contribution in [0.5, 0.6) is 0 Å². The number of benzene rings is 2. The zero-order valence-electron chi connectivity index (χ0n) is 17.6. The summed E-state index contributed by atoms with van der Waals surface area (Å²) in [6, 6.07) is 17.9. The quantitative estimate of drug-likeness (QED) is 0.342. The minimum absolute atomic E-state index is 0.128. The van der Waals surface area contributed by atoms with Crippen LogP contribution in [0.25, 0.3) is 31.8 Å². The average molecular weight is 386 g/mol. The highest BCUT2D eigenvalue weighted by Crippen LogP contribution is 2.38. The van der Waals surface area contributed by atoms with E-state index < -0.39 is 0 Å². The fourth-order valence-electron chi connectivity index (χ4n) is 3.79. The van der Waals surface area contributed by atoms with Gasteiger partial charge in [0.15, 0.2) is 0 Å². The van der Waals surface area contributed by atoms with Crippen LogP contribution in [0.15, 0.2) is 54.7 Å². The van der Waals surface area contributed by atoms with E-state index >= 15 is 0 Å². The number of hydrogen-bond donors (Lipinski definition) is 0. The molecule has 0 unspecified atom stereocenters. The Bertz CT molecular complexity index is 1150. The number of fused-ring (bicyclic) bond motifs is 1. The molecule has 2 heteroatoms. The van der Waals surface area contributed by atoms with Crippen molar-refractivity contribution in [3.63, 3.8) is 0 Å². The second-order valence-electron chi connectivity index (χ2n) is 8.82. The van der Waals surface area contributed by atoms with Crippen LogP contribution in [0.1, 0.15) is 43.0 Å². The first-order valence-electron chi connectivity index (χ1n) is 9.81. The van der Waals surface area contributed by atoms with Crippen LogP contribution in [-0.2, 0) is 5.41 Å². The maximum absolute atomic E-state index is 4.80. The molecule has 0 atom stereocenters. The molecule has 1 nitrogen and oxygen atoms in total. The Morgan fingerprint density at radius 2 is 1.57 bits per heavy atom. The summed E-state index contributed by atoms with van der Waals surface area (Å²) in [5.74, 6) is 0. The van der Waals surface area contributed by atoms with Crippen LogP contribution in [0, 0.1) is 20.8 Å². The minimum atomic E-state index is 0.128. The van der Waals surface area contributed by atoms with E-state index in [2.05, 4.69) is 90.1 Å². The number of aromatic nitrogens is 1. The van der Waals surface area contributed by atoms with Crippen molar-refractivity contribution in [3.05, 3.63) is 77.0 Å². The molecule has 0 spiro atoms. The van der Waals surface area contributed by atoms with Crippen molar-refractivity contribution in [2.45, 2.75) is 47.0 Å². The summed E-state index contributed by atoms with van der Waals surface area (Å²) in [7, 11) is 0. The smallest absolute Gasteiger partial charge is 0.0709 e. The number of hydrogen-bond acceptors (Lipinski definition) is 2. The second-order valence-corrected chi connectivity index (χ2v) is 9.91. The van der Waals surface area contributed by atoms with Crippen molar-refractivity contribution in [2.24, 2.45) is 0 Å². The van der Waals surface area contributed by atoms with Crippen molar-refractivity contribution in [1.29, 1.82) is 0 Å². The first-order chi connectivity index (χ1) is 13.2. The second kappa shape index (κ2) is 6.86. The van der Waals surface area contributed by atoms with Crippen LogP contribution in [-0.4, -0.2) is 4.98 Å². The fourth-order valence-corrected chi connectivity index (χ4v) is 4.98. The third kappa shape index (κ3) is 3.49. The summed E-state index contributed by atoms with van der Waals surface area (Å²) in [5, 5.41) is 1.27. The average Bonchev–Trinajstić information content (AvgIpc) is 3.03. The Labute approximate surface area is 172 Å². The largest absolute Gasteiger partial charge is 0.255 e. The van der Waals surface area contributed by atoms with E-state index in [-0.39, 0.29) is 5.41 Å². The maximum Gasteiger partial charge on any atom is 0.0709 e. The van der Waals surface area contributed by atoms with Gasteiger partial charge in [-0.3, -0.25) is 4.98 Å². The van der Waals surface area contributed by atoms with Crippen LogP contribution in [0.3, 0.4) is 0 Å². The minimum Gasteiger partial charge on any atom is -0.255 e. The lowest BCUT2D eigenvalue weighted by Crippen LogP contribution is -2.11. The highest BCUT2D eigenvalue weighted by Gasteiger charge is 2.16. The molecule has 2 aromatic heterocycles. The lowest BCUT2D eigenvalue weighted by atomic mass is 9.85. The molecule has 0 aliphatic carbocycles. The van der Waals surface area contributed by atoms with E-state index in [1.807, 2.05) is 17.5 Å². The molecule has 0 N–H and O–H groups in total. The van der Waals surface area contributed by atoms with Gasteiger partial charge in [-0.15, -0.1) is 11.3 Å². The number of rotatable bonds is 2. The summed E-state index contributed by atoms with van der Waals surface area (Å²) in [6.45, 7) is 13.3. The molecule has 0 aliphatic heterocycles. The van der Waals surface area contributed by atoms with Gasteiger partial charge in [-0.25, -0.2) is 0 Å². The fraction of sp³-hybridized carbons (Fsp3) is 0.269. The predicted octanol–water partition coefficient (Wildman–Crippen LogP) is 7.85. The number of pyridine rings is 1. The molecule has 4 aromatic rings. The summed E-state index contributed by atoms with van der Waals surface area (Å²) >= 11 is 1.83. The maximum atomic E-state index is 4.80. The van der Waals surface area contributed by atoms with Crippen molar-refractivity contribution in [2.75, 3.05) is 0 Å². The molecule has 0 fully saturated rings. The van der Waals surface area contributed by atoms with Crippen molar-refractivity contribution in [1.82, 2.24) is 4.98 Å². The molecule has 142 valence electrons. The highest BCUT2D eigenvalue weighted by atomic mass is 32.1. The van der Waals surface area contributed by atoms with Gasteiger partial charge in [-0.2, -0.15) is 0 Å². The molecule has 28 heavy (non-hydrogen) atoms. The predicted molar refractivity (Wildman–Crippen MR) is 123 cm³/mol. The molecule has 0 aliphatic rings. The third-order valence-corrected chi connectivity index (χ3v) is 6.47. The van der Waals surface area contributed by atoms with Gasteiger partial charge in [0.1, 0.15) is 0 Å². The molecule has 2 aromatic carbocycles. The molecule has 0 radical (unpaired) electrons. The lowest BCUT2D eigenvalue weighted by molar-refractivity contribution is 0.590. The van der Waals surface area contributed by atoms with Crippen molar-refractivity contribution >= 4 is 21.4 Å². The van der Waals surface area contributed by atoms with E-state index in [0.29, 0.717) is 0 Å². The van der Waals surface area contributed by atoms with Gasteiger partial charge < -0.3 is 0 Å². The monoisotopic (exact) mass is 385 g/mol. The van der Waals surface area contributed by atoms with Crippen LogP contribution >= 0.6 is 11.3 Å². The van der Waals surface area contributed by atoms with E-state index in [0.717, 1.165) is 5.69 Å². The summed E-state index contributed by atoms with van der Waals surface area (Å²) in [6.07, 6.45) is 2.03. The van der Waals surface area contributed by atoms with E-state index in [1.54, 1.807) is 0 Å². The standard InChI is InChI=1S/C26H27NS/c1-16-10-19(12-21(11-16)26(4,5)6)22-13-20-14-23(28-24(20)15-27-22)25-17(2)8-7-9-18(25)3/h7-15H,1-6H3. The lowest BCUT2D eigenvalue weighted by Gasteiger charge is -2.20. The summed E-state index contributed by atoms with van der Waals surface area (Å²) in [4.78, 5) is 6.13. The van der Waals surface area contributed by atoms with Crippen LogP contribution in [0.2, 0.25) is 0 Å². The Balaban J connectivity index is 1.83. The highest BCUT2D eigenvalue weighted by molar-refractivity contribution is 7.22.